The first-order valence-electron chi connectivity index (χ1n) is 9.67. The van der Waals surface area contributed by atoms with Crippen molar-refractivity contribution in [2.45, 2.75) is 25.6 Å². The summed E-state index contributed by atoms with van der Waals surface area (Å²) in [6, 6.07) is 14.6. The van der Waals surface area contributed by atoms with Crippen LogP contribution in [0.5, 0.6) is 11.5 Å². The number of para-hydroxylation sites is 1. The average Bonchev–Trinajstić information content (AvgIpc) is 3.01. The molecular formula is C23H20N2O4S. The van der Waals surface area contributed by atoms with Crippen LogP contribution >= 0.6 is 11.3 Å². The molecule has 3 aromatic rings. The van der Waals surface area contributed by atoms with Crippen LogP contribution in [0.2, 0.25) is 0 Å². The maximum Gasteiger partial charge on any atom is 0.270 e. The van der Waals surface area contributed by atoms with E-state index in [1.807, 2.05) is 61.5 Å². The van der Waals surface area contributed by atoms with Gasteiger partial charge in [-0.1, -0.05) is 41.7 Å². The van der Waals surface area contributed by atoms with Crippen LogP contribution in [-0.4, -0.2) is 23.2 Å². The van der Waals surface area contributed by atoms with Gasteiger partial charge in [0.15, 0.2) is 4.80 Å². The molecule has 0 saturated carbocycles. The van der Waals surface area contributed by atoms with Crippen molar-refractivity contribution in [1.82, 2.24) is 4.57 Å². The molecule has 2 aromatic carbocycles. The van der Waals surface area contributed by atoms with Crippen LogP contribution in [-0.2, 0) is 4.79 Å². The van der Waals surface area contributed by atoms with E-state index in [9.17, 15) is 9.59 Å². The summed E-state index contributed by atoms with van der Waals surface area (Å²) in [6.07, 6.45) is 1.83. The summed E-state index contributed by atoms with van der Waals surface area (Å²) in [5.41, 5.74) is 0.491. The summed E-state index contributed by atoms with van der Waals surface area (Å²) in [4.78, 5) is 31.4. The van der Waals surface area contributed by atoms with Gasteiger partial charge in [-0.15, -0.1) is 0 Å². The van der Waals surface area contributed by atoms with E-state index in [0.29, 0.717) is 15.1 Å². The highest BCUT2D eigenvalue weighted by Gasteiger charge is 2.53. The maximum absolute atomic E-state index is 13.5. The number of carbonyl (C=O) groups excluding carboxylic acids is 1. The fourth-order valence-electron chi connectivity index (χ4n) is 4.44. The molecule has 2 aliphatic heterocycles. The summed E-state index contributed by atoms with van der Waals surface area (Å²) >= 11 is 1.31. The average molecular weight is 420 g/mol. The van der Waals surface area contributed by atoms with Crippen molar-refractivity contribution in [2.75, 3.05) is 7.11 Å². The SMILES string of the molecule is COc1cccc(C=c2sc3n(c2=O)C2c4ccccc4OC(C)(N=3)C2C(C)=O)c1. The van der Waals surface area contributed by atoms with Gasteiger partial charge in [-0.25, -0.2) is 4.99 Å². The first-order chi connectivity index (χ1) is 14.4. The number of rotatable bonds is 3. The number of methoxy groups -OCH3 is 1. The van der Waals surface area contributed by atoms with Crippen molar-refractivity contribution in [2.24, 2.45) is 10.9 Å². The second-order valence-corrected chi connectivity index (χ2v) is 8.69. The van der Waals surface area contributed by atoms with E-state index in [-0.39, 0.29) is 11.3 Å². The van der Waals surface area contributed by atoms with Crippen LogP contribution in [0.1, 0.15) is 31.0 Å². The van der Waals surface area contributed by atoms with Crippen molar-refractivity contribution >= 4 is 23.2 Å². The molecule has 0 aliphatic carbocycles. The number of fused-ring (bicyclic) bond motifs is 6. The van der Waals surface area contributed by atoms with Gasteiger partial charge in [0.25, 0.3) is 5.56 Å². The van der Waals surface area contributed by atoms with Crippen molar-refractivity contribution in [3.63, 3.8) is 0 Å². The quantitative estimate of drug-likeness (QED) is 0.652. The van der Waals surface area contributed by atoms with Gasteiger partial charge >= 0.3 is 0 Å². The summed E-state index contributed by atoms with van der Waals surface area (Å²) in [5.74, 6) is 0.755. The molecule has 0 amide bonds. The van der Waals surface area contributed by atoms with Crippen molar-refractivity contribution in [1.29, 1.82) is 0 Å². The Morgan fingerprint density at radius 3 is 2.83 bits per heavy atom. The smallest absolute Gasteiger partial charge is 0.270 e. The van der Waals surface area contributed by atoms with Gasteiger partial charge in [0.1, 0.15) is 23.2 Å². The van der Waals surface area contributed by atoms with Crippen molar-refractivity contribution < 1.29 is 14.3 Å². The third-order valence-electron chi connectivity index (χ3n) is 5.71. The number of carbonyl (C=O) groups is 1. The first-order valence-corrected chi connectivity index (χ1v) is 10.5. The molecule has 3 heterocycles. The topological polar surface area (TPSA) is 69.9 Å². The lowest BCUT2D eigenvalue weighted by Gasteiger charge is -2.45. The number of ketones is 1. The molecule has 0 fully saturated rings. The minimum absolute atomic E-state index is 0.0529. The first kappa shape index (κ1) is 18.8. The Morgan fingerprint density at radius 1 is 1.27 bits per heavy atom. The van der Waals surface area contributed by atoms with Gasteiger partial charge in [-0.3, -0.25) is 14.2 Å². The molecule has 5 rings (SSSR count). The molecule has 0 saturated heterocycles. The van der Waals surface area contributed by atoms with E-state index < -0.39 is 17.7 Å². The van der Waals surface area contributed by atoms with E-state index in [1.165, 1.54) is 18.3 Å². The molecule has 2 aliphatic rings. The summed E-state index contributed by atoms with van der Waals surface area (Å²) < 4.78 is 13.7. The van der Waals surface area contributed by atoms with E-state index >= 15 is 0 Å². The van der Waals surface area contributed by atoms with Crippen LogP contribution in [0.25, 0.3) is 6.08 Å². The van der Waals surface area contributed by atoms with Crippen LogP contribution in [0.3, 0.4) is 0 Å². The number of aromatic nitrogens is 1. The number of thiazole rings is 1. The fourth-order valence-corrected chi connectivity index (χ4v) is 5.54. The third-order valence-corrected chi connectivity index (χ3v) is 6.69. The molecule has 7 heteroatoms. The van der Waals surface area contributed by atoms with E-state index in [0.717, 1.165) is 16.9 Å². The van der Waals surface area contributed by atoms with Crippen LogP contribution in [0.4, 0.5) is 0 Å². The van der Waals surface area contributed by atoms with Gasteiger partial charge in [0.05, 0.1) is 17.7 Å². The van der Waals surface area contributed by atoms with Crippen LogP contribution < -0.4 is 24.4 Å². The highest BCUT2D eigenvalue weighted by atomic mass is 32.1. The fraction of sp³-hybridized carbons (Fsp3) is 0.261. The van der Waals surface area contributed by atoms with Gasteiger partial charge in [0.2, 0.25) is 5.72 Å². The molecule has 6 nitrogen and oxygen atoms in total. The Balaban J connectivity index is 1.78. The molecule has 152 valence electrons. The second kappa shape index (κ2) is 6.67. The lowest BCUT2D eigenvalue weighted by Crippen LogP contribution is -2.58. The Bertz CT molecular complexity index is 1360. The number of benzene rings is 2. The van der Waals surface area contributed by atoms with E-state index in [2.05, 4.69) is 0 Å². The number of Topliss-reactive ketones (excluding diaryl/α,β-unsaturated/α-hetero) is 1. The van der Waals surface area contributed by atoms with Crippen LogP contribution in [0, 0.1) is 5.92 Å². The van der Waals surface area contributed by atoms with Gasteiger partial charge in [-0.05, 0) is 43.7 Å². The zero-order valence-electron chi connectivity index (χ0n) is 16.8. The Morgan fingerprint density at radius 2 is 2.07 bits per heavy atom. The third kappa shape index (κ3) is 2.73. The second-order valence-electron chi connectivity index (χ2n) is 7.68. The zero-order chi connectivity index (χ0) is 21.0. The maximum atomic E-state index is 13.5. The Hall–Kier alpha value is -3.19. The zero-order valence-corrected chi connectivity index (χ0v) is 17.6. The van der Waals surface area contributed by atoms with Gasteiger partial charge in [0, 0.05) is 5.56 Å². The van der Waals surface area contributed by atoms with Gasteiger partial charge in [-0.2, -0.15) is 0 Å². The van der Waals surface area contributed by atoms with Crippen LogP contribution in [0.15, 0.2) is 58.3 Å². The summed E-state index contributed by atoms with van der Waals surface area (Å²) in [6.45, 7) is 3.36. The van der Waals surface area contributed by atoms with Crippen molar-refractivity contribution in [3.8, 4) is 11.5 Å². The number of hydrogen-bond acceptors (Lipinski definition) is 6. The highest BCUT2D eigenvalue weighted by Crippen LogP contribution is 2.47. The Labute approximate surface area is 176 Å². The largest absolute Gasteiger partial charge is 0.497 e. The normalized spacial score (nSPS) is 24.3. The minimum atomic E-state index is -1.05. The molecule has 3 unspecified atom stereocenters. The van der Waals surface area contributed by atoms with Gasteiger partial charge < -0.3 is 9.47 Å². The predicted octanol–water partition coefficient (Wildman–Crippen LogP) is 2.28. The summed E-state index contributed by atoms with van der Waals surface area (Å²) in [7, 11) is 1.61. The monoisotopic (exact) mass is 420 g/mol. The molecular weight excluding hydrogens is 400 g/mol. The molecule has 2 bridgehead atoms. The molecule has 1 aromatic heterocycles. The van der Waals surface area contributed by atoms with E-state index in [4.69, 9.17) is 14.5 Å². The number of ether oxygens (including phenoxy) is 2. The molecule has 3 atom stereocenters. The number of hydrogen-bond donors (Lipinski definition) is 0. The number of nitrogens with zero attached hydrogens (tertiary/aromatic N) is 2. The summed E-state index contributed by atoms with van der Waals surface area (Å²) in [5, 5.41) is 0. The highest BCUT2D eigenvalue weighted by molar-refractivity contribution is 7.07. The predicted molar refractivity (Wildman–Crippen MR) is 114 cm³/mol. The van der Waals surface area contributed by atoms with E-state index in [1.54, 1.807) is 11.7 Å². The molecule has 0 N–H and O–H groups in total. The lowest BCUT2D eigenvalue weighted by molar-refractivity contribution is -0.132. The molecule has 30 heavy (non-hydrogen) atoms. The molecule has 0 spiro atoms. The van der Waals surface area contributed by atoms with Crippen molar-refractivity contribution in [3.05, 3.63) is 79.3 Å². The standard InChI is InChI=1S/C23H20N2O4S/c1-13(26)19-20-16-9-4-5-10-17(16)29-23(19,2)24-22-25(20)21(27)18(30-22)12-14-7-6-8-15(11-14)28-3/h4-12,19-20H,1-3H3. The lowest BCUT2D eigenvalue weighted by atomic mass is 9.79. The Kier molecular flexibility index (Phi) is 4.18. The molecule has 0 radical (unpaired) electrons. The minimum Gasteiger partial charge on any atom is -0.497 e.